The van der Waals surface area contributed by atoms with E-state index in [1.165, 1.54) is 0 Å². The Hall–Kier alpha value is -1.12. The van der Waals surface area contributed by atoms with E-state index in [1.54, 1.807) is 0 Å². The minimum atomic E-state index is 0.609. The number of likely N-dealkylation sites (N-methyl/N-ethyl adjacent to an activating group) is 1. The first kappa shape index (κ1) is 12.0. The third-order valence-electron chi connectivity index (χ3n) is 2.14. The quantitative estimate of drug-likeness (QED) is 0.661. The van der Waals surface area contributed by atoms with Gasteiger partial charge in [0.15, 0.2) is 0 Å². The van der Waals surface area contributed by atoms with Gasteiger partial charge in [-0.2, -0.15) is 0 Å². The second-order valence-corrected chi connectivity index (χ2v) is 3.83. The number of nitrogens with zero attached hydrogens (tertiary/aromatic N) is 1. The summed E-state index contributed by atoms with van der Waals surface area (Å²) in [5.41, 5.74) is 2.19. The van der Waals surface area contributed by atoms with E-state index in [1.807, 2.05) is 32.3 Å². The van der Waals surface area contributed by atoms with Crippen LogP contribution in [-0.2, 0) is 4.74 Å². The lowest BCUT2D eigenvalue weighted by Gasteiger charge is -2.11. The Morgan fingerprint density at radius 1 is 1.27 bits per heavy atom. The Balaban J connectivity index is 2.25. The molecule has 0 aliphatic rings. The Morgan fingerprint density at radius 3 is 2.53 bits per heavy atom. The van der Waals surface area contributed by atoms with E-state index in [0.29, 0.717) is 6.61 Å². The summed E-state index contributed by atoms with van der Waals surface area (Å²) < 4.78 is 5.52. The van der Waals surface area contributed by atoms with Crippen molar-refractivity contribution in [2.24, 2.45) is 0 Å². The standard InChI is InChI=1S/C13H19NO/c1-12(11-15-10-9-14(2)3)13-7-5-4-6-8-13/h4-8H,1,9-11H2,2-3H3. The second kappa shape index (κ2) is 6.38. The largest absolute Gasteiger partial charge is 0.375 e. The molecule has 0 heterocycles. The topological polar surface area (TPSA) is 12.5 Å². The summed E-state index contributed by atoms with van der Waals surface area (Å²) in [7, 11) is 4.07. The molecule has 0 aromatic heterocycles. The number of hydrogen-bond donors (Lipinski definition) is 0. The first-order valence-electron chi connectivity index (χ1n) is 5.16. The Bertz CT molecular complexity index is 293. The first-order valence-corrected chi connectivity index (χ1v) is 5.16. The molecular formula is C13H19NO. The Morgan fingerprint density at radius 2 is 1.93 bits per heavy atom. The van der Waals surface area contributed by atoms with Gasteiger partial charge in [-0.1, -0.05) is 36.9 Å². The lowest BCUT2D eigenvalue weighted by Crippen LogP contribution is -2.18. The smallest absolute Gasteiger partial charge is 0.0717 e. The van der Waals surface area contributed by atoms with E-state index >= 15 is 0 Å². The highest BCUT2D eigenvalue weighted by atomic mass is 16.5. The molecule has 1 aromatic rings. The number of ether oxygens (including phenoxy) is 1. The van der Waals surface area contributed by atoms with E-state index in [0.717, 1.165) is 24.3 Å². The van der Waals surface area contributed by atoms with E-state index in [2.05, 4.69) is 23.6 Å². The third-order valence-corrected chi connectivity index (χ3v) is 2.14. The van der Waals surface area contributed by atoms with Crippen molar-refractivity contribution in [2.75, 3.05) is 33.9 Å². The van der Waals surface area contributed by atoms with Crippen LogP contribution in [-0.4, -0.2) is 38.8 Å². The molecule has 0 aliphatic heterocycles. The third kappa shape index (κ3) is 4.77. The van der Waals surface area contributed by atoms with Crippen LogP contribution in [0.2, 0.25) is 0 Å². The highest BCUT2D eigenvalue weighted by Crippen LogP contribution is 2.11. The summed E-state index contributed by atoms with van der Waals surface area (Å²) in [6.45, 7) is 6.31. The molecule has 2 nitrogen and oxygen atoms in total. The van der Waals surface area contributed by atoms with Crippen LogP contribution >= 0.6 is 0 Å². The monoisotopic (exact) mass is 205 g/mol. The van der Waals surface area contributed by atoms with Crippen molar-refractivity contribution in [3.8, 4) is 0 Å². The van der Waals surface area contributed by atoms with Gasteiger partial charge in [0, 0.05) is 6.54 Å². The molecule has 0 radical (unpaired) electrons. The molecule has 0 atom stereocenters. The maximum absolute atomic E-state index is 5.52. The lowest BCUT2D eigenvalue weighted by atomic mass is 10.1. The van der Waals surface area contributed by atoms with Gasteiger partial charge in [0.05, 0.1) is 13.2 Å². The average molecular weight is 205 g/mol. The van der Waals surface area contributed by atoms with Gasteiger partial charge >= 0.3 is 0 Å². The van der Waals surface area contributed by atoms with Crippen molar-refractivity contribution in [2.45, 2.75) is 0 Å². The summed E-state index contributed by atoms with van der Waals surface area (Å²) in [5, 5.41) is 0. The summed E-state index contributed by atoms with van der Waals surface area (Å²) in [5.74, 6) is 0. The van der Waals surface area contributed by atoms with Crippen molar-refractivity contribution >= 4 is 5.57 Å². The van der Waals surface area contributed by atoms with Crippen molar-refractivity contribution in [1.82, 2.24) is 4.90 Å². The van der Waals surface area contributed by atoms with Gasteiger partial charge in [0.2, 0.25) is 0 Å². The van der Waals surface area contributed by atoms with E-state index in [-0.39, 0.29) is 0 Å². The normalized spacial score (nSPS) is 10.6. The molecule has 0 fully saturated rings. The van der Waals surface area contributed by atoms with Crippen LogP contribution in [0.15, 0.2) is 36.9 Å². The SMILES string of the molecule is C=C(COCCN(C)C)c1ccccc1. The second-order valence-electron chi connectivity index (χ2n) is 3.83. The van der Waals surface area contributed by atoms with Crippen molar-refractivity contribution in [3.05, 3.63) is 42.5 Å². The maximum atomic E-state index is 5.52. The summed E-state index contributed by atoms with van der Waals surface area (Å²) in [4.78, 5) is 2.10. The molecule has 0 saturated carbocycles. The molecule has 0 bridgehead atoms. The zero-order valence-corrected chi connectivity index (χ0v) is 9.57. The molecule has 0 N–H and O–H groups in total. The molecule has 15 heavy (non-hydrogen) atoms. The molecule has 0 saturated heterocycles. The molecule has 0 aliphatic carbocycles. The molecular weight excluding hydrogens is 186 g/mol. The van der Waals surface area contributed by atoms with E-state index in [9.17, 15) is 0 Å². The minimum absolute atomic E-state index is 0.609. The highest BCUT2D eigenvalue weighted by Gasteiger charge is 1.98. The molecule has 0 unspecified atom stereocenters. The number of benzene rings is 1. The van der Waals surface area contributed by atoms with E-state index in [4.69, 9.17) is 4.74 Å². The molecule has 1 rings (SSSR count). The Labute approximate surface area is 92.2 Å². The van der Waals surface area contributed by atoms with Crippen LogP contribution in [0.3, 0.4) is 0 Å². The first-order chi connectivity index (χ1) is 7.20. The summed E-state index contributed by atoms with van der Waals surface area (Å²) in [6, 6.07) is 10.1. The fraction of sp³-hybridized carbons (Fsp3) is 0.385. The highest BCUT2D eigenvalue weighted by molar-refractivity contribution is 5.63. The van der Waals surface area contributed by atoms with Gasteiger partial charge in [-0.25, -0.2) is 0 Å². The maximum Gasteiger partial charge on any atom is 0.0717 e. The molecule has 82 valence electrons. The van der Waals surface area contributed by atoms with Crippen LogP contribution in [0.25, 0.3) is 5.57 Å². The van der Waals surface area contributed by atoms with Crippen LogP contribution < -0.4 is 0 Å². The summed E-state index contributed by atoms with van der Waals surface area (Å²) >= 11 is 0. The summed E-state index contributed by atoms with van der Waals surface area (Å²) in [6.07, 6.45) is 0. The molecule has 1 aromatic carbocycles. The van der Waals surface area contributed by atoms with Crippen LogP contribution in [0, 0.1) is 0 Å². The molecule has 0 amide bonds. The number of rotatable bonds is 6. The molecule has 0 spiro atoms. The van der Waals surface area contributed by atoms with Crippen molar-refractivity contribution in [1.29, 1.82) is 0 Å². The lowest BCUT2D eigenvalue weighted by molar-refractivity contribution is 0.146. The predicted octanol–water partition coefficient (Wildman–Crippen LogP) is 2.28. The van der Waals surface area contributed by atoms with Gasteiger partial charge in [-0.05, 0) is 25.2 Å². The van der Waals surface area contributed by atoms with Gasteiger partial charge in [-0.3, -0.25) is 0 Å². The van der Waals surface area contributed by atoms with Crippen LogP contribution in [0.1, 0.15) is 5.56 Å². The van der Waals surface area contributed by atoms with Gasteiger partial charge in [0.1, 0.15) is 0 Å². The fourth-order valence-corrected chi connectivity index (χ4v) is 1.20. The van der Waals surface area contributed by atoms with Crippen molar-refractivity contribution in [3.63, 3.8) is 0 Å². The zero-order valence-electron chi connectivity index (χ0n) is 9.57. The van der Waals surface area contributed by atoms with E-state index < -0.39 is 0 Å². The van der Waals surface area contributed by atoms with Gasteiger partial charge in [-0.15, -0.1) is 0 Å². The average Bonchev–Trinajstić information content (AvgIpc) is 2.25. The zero-order chi connectivity index (χ0) is 11.1. The van der Waals surface area contributed by atoms with Gasteiger partial charge < -0.3 is 9.64 Å². The molecule has 2 heteroatoms. The minimum Gasteiger partial charge on any atom is -0.375 e. The fourth-order valence-electron chi connectivity index (χ4n) is 1.20. The van der Waals surface area contributed by atoms with Crippen LogP contribution in [0.4, 0.5) is 0 Å². The van der Waals surface area contributed by atoms with Gasteiger partial charge in [0.25, 0.3) is 0 Å². The Kier molecular flexibility index (Phi) is 5.08. The van der Waals surface area contributed by atoms with Crippen LogP contribution in [0.5, 0.6) is 0 Å². The van der Waals surface area contributed by atoms with Crippen molar-refractivity contribution < 1.29 is 4.74 Å². The number of hydrogen-bond acceptors (Lipinski definition) is 2. The predicted molar refractivity (Wildman–Crippen MR) is 64.8 cm³/mol.